The van der Waals surface area contributed by atoms with Gasteiger partial charge in [-0.1, -0.05) is 36.4 Å². The first-order valence-electron chi connectivity index (χ1n) is 10.2. The van der Waals surface area contributed by atoms with E-state index in [9.17, 15) is 13.2 Å². The van der Waals surface area contributed by atoms with Gasteiger partial charge in [0.2, 0.25) is 0 Å². The molecule has 5 heteroatoms. The molecule has 1 fully saturated rings. The molecule has 0 aromatic heterocycles. The Bertz CT molecular complexity index is 930. The molecule has 3 rings (SSSR count). The van der Waals surface area contributed by atoms with Crippen molar-refractivity contribution in [3.05, 3.63) is 65.2 Å². The molecule has 0 atom stereocenters. The molecule has 0 heterocycles. The molecule has 1 saturated carbocycles. The van der Waals surface area contributed by atoms with E-state index in [1.807, 2.05) is 24.3 Å². The van der Waals surface area contributed by atoms with E-state index in [1.165, 1.54) is 12.8 Å². The molecule has 0 spiro atoms. The fraction of sp³-hybridized carbons (Fsp3) is 0.458. The fourth-order valence-electron chi connectivity index (χ4n) is 3.39. The predicted octanol–water partition coefficient (Wildman–Crippen LogP) is 5.15. The minimum atomic E-state index is -3.24. The summed E-state index contributed by atoms with van der Waals surface area (Å²) < 4.78 is 29.8. The highest BCUT2D eigenvalue weighted by atomic mass is 32.2. The van der Waals surface area contributed by atoms with Crippen molar-refractivity contribution >= 4 is 15.6 Å². The van der Waals surface area contributed by atoms with Crippen molar-refractivity contribution in [2.75, 3.05) is 0 Å². The van der Waals surface area contributed by atoms with Crippen LogP contribution in [-0.4, -0.2) is 25.1 Å². The van der Waals surface area contributed by atoms with E-state index in [2.05, 4.69) is 0 Å². The van der Waals surface area contributed by atoms with E-state index in [0.29, 0.717) is 23.7 Å². The van der Waals surface area contributed by atoms with Crippen LogP contribution in [0.4, 0.5) is 0 Å². The van der Waals surface area contributed by atoms with E-state index >= 15 is 0 Å². The first-order valence-corrected chi connectivity index (χ1v) is 11.9. The van der Waals surface area contributed by atoms with Crippen LogP contribution in [-0.2, 0) is 22.0 Å². The molecule has 0 unspecified atom stereocenters. The average molecular weight is 415 g/mol. The maximum atomic E-state index is 12.6. The monoisotopic (exact) mass is 414 g/mol. The van der Waals surface area contributed by atoms with Crippen LogP contribution in [0.5, 0.6) is 5.75 Å². The number of hydrogen-bond acceptors (Lipinski definition) is 4. The summed E-state index contributed by atoms with van der Waals surface area (Å²) in [7, 11) is -3.24. The largest absolute Gasteiger partial charge is 0.490 e. The summed E-state index contributed by atoms with van der Waals surface area (Å²) in [5.41, 5.74) is 2.23. The Morgan fingerprint density at radius 2 is 1.48 bits per heavy atom. The predicted molar refractivity (Wildman–Crippen MR) is 116 cm³/mol. The SMILES string of the molecule is CC(C)(C)S(=O)(=O)Cc1ccc(C(=O)Cc2ccc(OC3CCCC3)cc2)cc1. The summed E-state index contributed by atoms with van der Waals surface area (Å²) in [5, 5.41) is 0. The highest BCUT2D eigenvalue weighted by Gasteiger charge is 2.28. The number of ether oxygens (including phenoxy) is 1. The van der Waals surface area contributed by atoms with Crippen molar-refractivity contribution < 1.29 is 17.9 Å². The number of hydrogen-bond donors (Lipinski definition) is 0. The van der Waals surface area contributed by atoms with Crippen LogP contribution in [0.25, 0.3) is 0 Å². The third-order valence-electron chi connectivity index (χ3n) is 5.46. The summed E-state index contributed by atoms with van der Waals surface area (Å²) in [6, 6.07) is 14.6. The average Bonchev–Trinajstić information content (AvgIpc) is 3.16. The highest BCUT2D eigenvalue weighted by molar-refractivity contribution is 7.91. The molecular formula is C24H30O4S. The van der Waals surface area contributed by atoms with Crippen LogP contribution in [0.3, 0.4) is 0 Å². The Balaban J connectivity index is 1.59. The summed E-state index contributed by atoms with van der Waals surface area (Å²) in [4.78, 5) is 12.6. The molecule has 1 aliphatic rings. The smallest absolute Gasteiger partial charge is 0.167 e. The topological polar surface area (TPSA) is 60.4 Å². The molecule has 2 aromatic carbocycles. The number of ketones is 1. The van der Waals surface area contributed by atoms with Crippen LogP contribution >= 0.6 is 0 Å². The summed E-state index contributed by atoms with van der Waals surface area (Å²) in [6.45, 7) is 5.10. The zero-order valence-electron chi connectivity index (χ0n) is 17.5. The summed E-state index contributed by atoms with van der Waals surface area (Å²) >= 11 is 0. The van der Waals surface area contributed by atoms with Gasteiger partial charge in [0.15, 0.2) is 15.6 Å². The van der Waals surface area contributed by atoms with E-state index in [4.69, 9.17) is 4.74 Å². The molecule has 2 aromatic rings. The number of carbonyl (C=O) groups excluding carboxylic acids is 1. The lowest BCUT2D eigenvalue weighted by Crippen LogP contribution is -2.29. The van der Waals surface area contributed by atoms with Crippen molar-refractivity contribution in [2.24, 2.45) is 0 Å². The number of Topliss-reactive ketones (excluding diaryl/α,β-unsaturated/α-hetero) is 1. The van der Waals surface area contributed by atoms with Crippen LogP contribution in [0.1, 0.15) is 67.9 Å². The Morgan fingerprint density at radius 1 is 0.931 bits per heavy atom. The molecule has 0 radical (unpaired) electrons. The second kappa shape index (κ2) is 8.70. The van der Waals surface area contributed by atoms with Crippen LogP contribution in [0.15, 0.2) is 48.5 Å². The van der Waals surface area contributed by atoms with Gasteiger partial charge in [-0.05, 0) is 69.7 Å². The number of benzene rings is 2. The van der Waals surface area contributed by atoms with Gasteiger partial charge in [0.1, 0.15) is 5.75 Å². The van der Waals surface area contributed by atoms with Crippen LogP contribution in [0.2, 0.25) is 0 Å². The standard InChI is InChI=1S/C24H30O4S/c1-24(2,3)29(26,27)17-19-8-12-20(13-9-19)23(25)16-18-10-14-22(15-11-18)28-21-6-4-5-7-21/h8-15,21H,4-7,16-17H2,1-3H3. The Morgan fingerprint density at radius 3 is 2.03 bits per heavy atom. The van der Waals surface area contributed by atoms with Gasteiger partial charge in [-0.2, -0.15) is 0 Å². The second-order valence-electron chi connectivity index (χ2n) is 8.84. The van der Waals surface area contributed by atoms with E-state index in [1.54, 1.807) is 45.0 Å². The minimum absolute atomic E-state index is 0.0136. The lowest BCUT2D eigenvalue weighted by Gasteiger charge is -2.19. The van der Waals surface area contributed by atoms with Gasteiger partial charge in [0.25, 0.3) is 0 Å². The Labute approximate surface area is 174 Å². The Hall–Kier alpha value is -2.14. The molecule has 0 bridgehead atoms. The lowest BCUT2D eigenvalue weighted by molar-refractivity contribution is 0.0993. The van der Waals surface area contributed by atoms with Gasteiger partial charge in [-0.25, -0.2) is 8.42 Å². The molecule has 4 nitrogen and oxygen atoms in total. The normalized spacial score (nSPS) is 15.4. The van der Waals surface area contributed by atoms with Crippen molar-refractivity contribution in [3.63, 3.8) is 0 Å². The first kappa shape index (κ1) is 21.6. The van der Waals surface area contributed by atoms with E-state index < -0.39 is 14.6 Å². The van der Waals surface area contributed by atoms with E-state index in [-0.39, 0.29) is 11.5 Å². The van der Waals surface area contributed by atoms with Gasteiger partial charge in [-0.15, -0.1) is 0 Å². The molecule has 0 N–H and O–H groups in total. The maximum absolute atomic E-state index is 12.6. The van der Waals surface area contributed by atoms with Crippen LogP contribution < -0.4 is 4.74 Å². The first-order chi connectivity index (χ1) is 13.6. The third kappa shape index (κ3) is 5.69. The van der Waals surface area contributed by atoms with Crippen LogP contribution in [0, 0.1) is 0 Å². The molecule has 0 aliphatic heterocycles. The fourth-order valence-corrected chi connectivity index (χ4v) is 4.46. The molecule has 1 aliphatic carbocycles. The summed E-state index contributed by atoms with van der Waals surface area (Å²) in [5.74, 6) is 0.852. The highest BCUT2D eigenvalue weighted by Crippen LogP contribution is 2.25. The van der Waals surface area contributed by atoms with Gasteiger partial charge in [-0.3, -0.25) is 4.79 Å². The zero-order chi connectivity index (χ0) is 21.1. The number of sulfone groups is 1. The van der Waals surface area contributed by atoms with Gasteiger partial charge < -0.3 is 4.74 Å². The molecule has 156 valence electrons. The quantitative estimate of drug-likeness (QED) is 0.588. The van der Waals surface area contributed by atoms with Gasteiger partial charge in [0.05, 0.1) is 16.6 Å². The number of carbonyl (C=O) groups is 1. The zero-order valence-corrected chi connectivity index (χ0v) is 18.3. The van der Waals surface area contributed by atoms with Crippen molar-refractivity contribution in [1.82, 2.24) is 0 Å². The van der Waals surface area contributed by atoms with Crippen molar-refractivity contribution in [2.45, 2.75) is 69.5 Å². The minimum Gasteiger partial charge on any atom is -0.490 e. The molecule has 0 amide bonds. The Kier molecular flexibility index (Phi) is 6.47. The van der Waals surface area contributed by atoms with Crippen molar-refractivity contribution in [3.8, 4) is 5.75 Å². The molecule has 0 saturated heterocycles. The number of rotatable bonds is 7. The van der Waals surface area contributed by atoms with Gasteiger partial charge in [0, 0.05) is 12.0 Å². The van der Waals surface area contributed by atoms with Crippen molar-refractivity contribution in [1.29, 1.82) is 0 Å². The third-order valence-corrected chi connectivity index (χ3v) is 8.04. The van der Waals surface area contributed by atoms with E-state index in [0.717, 1.165) is 24.2 Å². The second-order valence-corrected chi connectivity index (χ2v) is 11.6. The van der Waals surface area contributed by atoms with Gasteiger partial charge >= 0.3 is 0 Å². The molecule has 29 heavy (non-hydrogen) atoms. The molecular weight excluding hydrogens is 384 g/mol. The lowest BCUT2D eigenvalue weighted by atomic mass is 10.0. The maximum Gasteiger partial charge on any atom is 0.167 e. The summed E-state index contributed by atoms with van der Waals surface area (Å²) in [6.07, 6.45) is 5.34.